The Bertz CT molecular complexity index is 861. The van der Waals surface area contributed by atoms with Crippen LogP contribution in [0.2, 0.25) is 0 Å². The summed E-state index contributed by atoms with van der Waals surface area (Å²) in [5, 5.41) is 5.57. The van der Waals surface area contributed by atoms with E-state index in [9.17, 15) is 4.79 Å². The normalized spacial score (nSPS) is 10.8. The molecule has 0 aliphatic heterocycles. The van der Waals surface area contributed by atoms with Crippen molar-refractivity contribution in [3.8, 4) is 0 Å². The number of aryl methyl sites for hydroxylation is 3. The van der Waals surface area contributed by atoms with Gasteiger partial charge >= 0.3 is 0 Å². The molecule has 0 heterocycles. The van der Waals surface area contributed by atoms with E-state index in [1.54, 1.807) is 0 Å². The van der Waals surface area contributed by atoms with Crippen LogP contribution in [0.4, 0.5) is 5.69 Å². The van der Waals surface area contributed by atoms with Gasteiger partial charge in [0, 0.05) is 12.1 Å². The van der Waals surface area contributed by atoms with E-state index < -0.39 is 0 Å². The lowest BCUT2D eigenvalue weighted by Gasteiger charge is -2.13. The molecule has 0 aliphatic carbocycles. The van der Waals surface area contributed by atoms with Crippen molar-refractivity contribution in [3.63, 3.8) is 0 Å². The second-order valence-corrected chi connectivity index (χ2v) is 6.15. The molecule has 122 valence electrons. The smallest absolute Gasteiger partial charge is 0.224 e. The number of anilines is 1. The highest BCUT2D eigenvalue weighted by atomic mass is 16.1. The molecule has 0 unspecified atom stereocenters. The summed E-state index contributed by atoms with van der Waals surface area (Å²) < 4.78 is 0. The van der Waals surface area contributed by atoms with Crippen LogP contribution in [0.25, 0.3) is 10.8 Å². The zero-order valence-corrected chi connectivity index (χ0v) is 14.3. The minimum atomic E-state index is 0.0759. The maximum absolute atomic E-state index is 12.4. The molecule has 2 heteroatoms. The van der Waals surface area contributed by atoms with Crippen LogP contribution in [0, 0.1) is 6.92 Å². The summed E-state index contributed by atoms with van der Waals surface area (Å²) in [4.78, 5) is 12.4. The van der Waals surface area contributed by atoms with Gasteiger partial charge in [0.25, 0.3) is 0 Å². The number of rotatable bonds is 5. The summed E-state index contributed by atoms with van der Waals surface area (Å²) in [6.07, 6.45) is 2.16. The quantitative estimate of drug-likeness (QED) is 0.681. The standard InChI is InChI=1S/C22H23NO/c1-3-17-10-6-8-16(2)22(17)23-21(24)15-14-19-12-7-11-18-9-4-5-13-20(18)19/h4-13H,3,14-15H2,1-2H3,(H,23,24). The lowest BCUT2D eigenvalue weighted by atomic mass is 10.0. The molecule has 0 bridgehead atoms. The van der Waals surface area contributed by atoms with Gasteiger partial charge < -0.3 is 5.32 Å². The van der Waals surface area contributed by atoms with Crippen molar-refractivity contribution < 1.29 is 4.79 Å². The number of hydrogen-bond donors (Lipinski definition) is 1. The van der Waals surface area contributed by atoms with Crippen LogP contribution in [0.5, 0.6) is 0 Å². The number of hydrogen-bond acceptors (Lipinski definition) is 1. The number of amides is 1. The fraction of sp³-hybridized carbons (Fsp3) is 0.227. The van der Waals surface area contributed by atoms with Crippen molar-refractivity contribution in [2.24, 2.45) is 0 Å². The minimum Gasteiger partial charge on any atom is -0.326 e. The van der Waals surface area contributed by atoms with E-state index in [2.05, 4.69) is 48.6 Å². The monoisotopic (exact) mass is 317 g/mol. The number of carbonyl (C=O) groups excluding carboxylic acids is 1. The first-order valence-electron chi connectivity index (χ1n) is 8.54. The molecule has 0 fully saturated rings. The zero-order valence-electron chi connectivity index (χ0n) is 14.3. The first-order chi connectivity index (χ1) is 11.7. The molecule has 24 heavy (non-hydrogen) atoms. The highest BCUT2D eigenvalue weighted by Gasteiger charge is 2.09. The molecular formula is C22H23NO. The van der Waals surface area contributed by atoms with E-state index in [0.29, 0.717) is 6.42 Å². The lowest BCUT2D eigenvalue weighted by Crippen LogP contribution is -2.14. The second kappa shape index (κ2) is 7.31. The molecule has 0 aliphatic rings. The van der Waals surface area contributed by atoms with Gasteiger partial charge in [-0.1, -0.05) is 67.6 Å². The molecule has 1 N–H and O–H groups in total. The van der Waals surface area contributed by atoms with Gasteiger partial charge in [0.1, 0.15) is 0 Å². The Morgan fingerprint density at radius 1 is 0.917 bits per heavy atom. The third kappa shape index (κ3) is 3.48. The second-order valence-electron chi connectivity index (χ2n) is 6.15. The largest absolute Gasteiger partial charge is 0.326 e. The number of benzene rings is 3. The van der Waals surface area contributed by atoms with E-state index in [4.69, 9.17) is 0 Å². The molecule has 0 atom stereocenters. The number of fused-ring (bicyclic) bond motifs is 1. The molecule has 0 saturated carbocycles. The molecule has 3 aromatic rings. The van der Waals surface area contributed by atoms with Crippen molar-refractivity contribution in [3.05, 3.63) is 77.4 Å². The van der Waals surface area contributed by atoms with Crippen LogP contribution in [-0.2, 0) is 17.6 Å². The summed E-state index contributed by atoms with van der Waals surface area (Å²) in [7, 11) is 0. The fourth-order valence-corrected chi connectivity index (χ4v) is 3.16. The van der Waals surface area contributed by atoms with Gasteiger partial charge in [-0.3, -0.25) is 4.79 Å². The highest BCUT2D eigenvalue weighted by molar-refractivity contribution is 5.93. The van der Waals surface area contributed by atoms with Crippen LogP contribution in [0.3, 0.4) is 0 Å². The van der Waals surface area contributed by atoms with E-state index in [1.165, 1.54) is 21.9 Å². The van der Waals surface area contributed by atoms with Crippen molar-refractivity contribution >= 4 is 22.4 Å². The first-order valence-corrected chi connectivity index (χ1v) is 8.54. The fourth-order valence-electron chi connectivity index (χ4n) is 3.16. The SMILES string of the molecule is CCc1cccc(C)c1NC(=O)CCc1cccc2ccccc12. The summed E-state index contributed by atoms with van der Waals surface area (Å²) in [5.41, 5.74) is 4.51. The van der Waals surface area contributed by atoms with Crippen LogP contribution in [0.1, 0.15) is 30.0 Å². The Morgan fingerprint density at radius 2 is 1.62 bits per heavy atom. The van der Waals surface area contributed by atoms with E-state index in [-0.39, 0.29) is 5.91 Å². The van der Waals surface area contributed by atoms with Crippen molar-refractivity contribution in [2.45, 2.75) is 33.1 Å². The third-order valence-electron chi connectivity index (χ3n) is 4.51. The Hall–Kier alpha value is -2.61. The molecule has 1 amide bonds. The van der Waals surface area contributed by atoms with Crippen molar-refractivity contribution in [2.75, 3.05) is 5.32 Å². The Kier molecular flexibility index (Phi) is 4.95. The zero-order chi connectivity index (χ0) is 16.9. The Labute approximate surface area is 143 Å². The average Bonchev–Trinajstić information content (AvgIpc) is 2.61. The van der Waals surface area contributed by atoms with E-state index >= 15 is 0 Å². The van der Waals surface area contributed by atoms with Gasteiger partial charge in [-0.2, -0.15) is 0 Å². The van der Waals surface area contributed by atoms with Gasteiger partial charge in [0.05, 0.1) is 0 Å². The maximum Gasteiger partial charge on any atom is 0.224 e. The number of carbonyl (C=O) groups is 1. The molecule has 3 rings (SSSR count). The van der Waals surface area contributed by atoms with Crippen molar-refractivity contribution in [1.29, 1.82) is 0 Å². The lowest BCUT2D eigenvalue weighted by molar-refractivity contribution is -0.116. The van der Waals surface area contributed by atoms with Gasteiger partial charge in [0.2, 0.25) is 5.91 Å². The Morgan fingerprint density at radius 3 is 2.46 bits per heavy atom. The molecule has 0 spiro atoms. The predicted octanol–water partition coefficient (Wildman–Crippen LogP) is 5.28. The van der Waals surface area contributed by atoms with E-state index in [1.807, 2.05) is 31.2 Å². The van der Waals surface area contributed by atoms with Crippen LogP contribution in [0.15, 0.2) is 60.7 Å². The summed E-state index contributed by atoms with van der Waals surface area (Å²) >= 11 is 0. The molecule has 0 aromatic heterocycles. The maximum atomic E-state index is 12.4. The molecule has 2 nitrogen and oxygen atoms in total. The predicted molar refractivity (Wildman–Crippen MR) is 101 cm³/mol. The van der Waals surface area contributed by atoms with Gasteiger partial charge in [0.15, 0.2) is 0 Å². The number of para-hydroxylation sites is 1. The summed E-state index contributed by atoms with van der Waals surface area (Å²) in [5.74, 6) is 0.0759. The van der Waals surface area contributed by atoms with Gasteiger partial charge in [-0.25, -0.2) is 0 Å². The topological polar surface area (TPSA) is 29.1 Å². The van der Waals surface area contributed by atoms with E-state index in [0.717, 1.165) is 24.1 Å². The van der Waals surface area contributed by atoms with Crippen molar-refractivity contribution in [1.82, 2.24) is 0 Å². The van der Waals surface area contributed by atoms with Gasteiger partial charge in [-0.15, -0.1) is 0 Å². The third-order valence-corrected chi connectivity index (χ3v) is 4.51. The Balaban J connectivity index is 1.72. The summed E-state index contributed by atoms with van der Waals surface area (Å²) in [6.45, 7) is 4.15. The van der Waals surface area contributed by atoms with Crippen LogP contribution in [-0.4, -0.2) is 5.91 Å². The average molecular weight is 317 g/mol. The van der Waals surface area contributed by atoms with Crippen LogP contribution >= 0.6 is 0 Å². The molecule has 0 saturated heterocycles. The highest BCUT2D eigenvalue weighted by Crippen LogP contribution is 2.23. The first kappa shape index (κ1) is 16.3. The summed E-state index contributed by atoms with van der Waals surface area (Å²) in [6, 6.07) is 20.8. The molecule has 3 aromatic carbocycles. The molecular weight excluding hydrogens is 294 g/mol. The number of nitrogens with one attached hydrogen (secondary N) is 1. The van der Waals surface area contributed by atoms with Crippen LogP contribution < -0.4 is 5.32 Å². The van der Waals surface area contributed by atoms with Gasteiger partial charge in [-0.05, 0) is 47.2 Å². The minimum absolute atomic E-state index is 0.0759. The molecule has 0 radical (unpaired) electrons.